The van der Waals surface area contributed by atoms with Gasteiger partial charge in [0.05, 0.1) is 12.3 Å². The van der Waals surface area contributed by atoms with E-state index in [0.29, 0.717) is 17.2 Å². The number of carbonyl (C=O) groups is 1. The molecule has 0 aliphatic carbocycles. The average Bonchev–Trinajstić information content (AvgIpc) is 2.66. The highest BCUT2D eigenvalue weighted by Gasteiger charge is 2.21. The number of nitrogen functional groups attached to an aromatic ring is 1. The van der Waals surface area contributed by atoms with Gasteiger partial charge in [-0.2, -0.15) is 0 Å². The molecule has 1 unspecified atom stereocenters. The zero-order valence-electron chi connectivity index (χ0n) is 8.27. The molecular formula is C10H13NO3S. The number of hydrogen-bond donors (Lipinski definition) is 1. The molecule has 2 rings (SSSR count). The first-order valence-corrected chi connectivity index (χ1v) is 5.77. The van der Waals surface area contributed by atoms with E-state index in [2.05, 4.69) is 0 Å². The molecule has 1 aromatic heterocycles. The zero-order valence-corrected chi connectivity index (χ0v) is 9.09. The lowest BCUT2D eigenvalue weighted by Gasteiger charge is -2.21. The van der Waals surface area contributed by atoms with Crippen molar-refractivity contribution in [1.82, 2.24) is 0 Å². The predicted molar refractivity (Wildman–Crippen MR) is 58.0 cm³/mol. The Bertz CT molecular complexity index is 344. The summed E-state index contributed by atoms with van der Waals surface area (Å²) < 4.78 is 10.5. The van der Waals surface area contributed by atoms with Crippen molar-refractivity contribution in [3.8, 4) is 0 Å². The summed E-state index contributed by atoms with van der Waals surface area (Å²) in [6.07, 6.45) is 1.70. The van der Waals surface area contributed by atoms with Crippen molar-refractivity contribution in [2.24, 2.45) is 0 Å². The van der Waals surface area contributed by atoms with Gasteiger partial charge in [0.25, 0.3) is 0 Å². The average molecular weight is 227 g/mol. The van der Waals surface area contributed by atoms with Crippen molar-refractivity contribution in [3.05, 3.63) is 16.3 Å². The maximum atomic E-state index is 11.6. The summed E-state index contributed by atoms with van der Waals surface area (Å²) in [6, 6.07) is 1.71. The van der Waals surface area contributed by atoms with E-state index in [4.69, 9.17) is 15.2 Å². The van der Waals surface area contributed by atoms with E-state index < -0.39 is 0 Å². The van der Waals surface area contributed by atoms with E-state index in [1.165, 1.54) is 11.3 Å². The fourth-order valence-electron chi connectivity index (χ4n) is 1.49. The Morgan fingerprint density at radius 3 is 3.13 bits per heavy atom. The van der Waals surface area contributed by atoms with Crippen LogP contribution in [0.15, 0.2) is 11.4 Å². The second-order valence-corrected chi connectivity index (χ2v) is 4.37. The molecule has 15 heavy (non-hydrogen) atoms. The minimum Gasteiger partial charge on any atom is -0.456 e. The van der Waals surface area contributed by atoms with Crippen LogP contribution in [0.5, 0.6) is 0 Å². The maximum Gasteiger partial charge on any atom is 0.350 e. The van der Waals surface area contributed by atoms with Crippen molar-refractivity contribution in [2.45, 2.75) is 18.9 Å². The Kier molecular flexibility index (Phi) is 3.23. The molecule has 0 aromatic carbocycles. The van der Waals surface area contributed by atoms with Crippen LogP contribution >= 0.6 is 11.3 Å². The van der Waals surface area contributed by atoms with Gasteiger partial charge in [-0.1, -0.05) is 0 Å². The van der Waals surface area contributed by atoms with Gasteiger partial charge in [-0.05, 0) is 24.3 Å². The maximum absolute atomic E-state index is 11.6. The number of carbonyl (C=O) groups excluding carboxylic acids is 1. The fourth-order valence-corrected chi connectivity index (χ4v) is 2.19. The lowest BCUT2D eigenvalue weighted by Crippen LogP contribution is -2.27. The van der Waals surface area contributed by atoms with Crippen LogP contribution < -0.4 is 5.73 Å². The third-order valence-electron chi connectivity index (χ3n) is 2.27. The quantitative estimate of drug-likeness (QED) is 0.781. The number of nitrogens with two attached hydrogens (primary N) is 1. The molecule has 1 aliphatic heterocycles. The molecule has 1 aromatic rings. The van der Waals surface area contributed by atoms with E-state index in [1.807, 2.05) is 0 Å². The Morgan fingerprint density at radius 2 is 2.53 bits per heavy atom. The molecule has 4 nitrogen and oxygen atoms in total. The van der Waals surface area contributed by atoms with Crippen molar-refractivity contribution in [2.75, 3.05) is 18.9 Å². The lowest BCUT2D eigenvalue weighted by atomic mass is 10.2. The van der Waals surface area contributed by atoms with E-state index >= 15 is 0 Å². The number of ether oxygens (including phenoxy) is 2. The molecule has 1 saturated heterocycles. The van der Waals surface area contributed by atoms with Crippen LogP contribution in [0.1, 0.15) is 22.5 Å². The third kappa shape index (κ3) is 2.49. The smallest absolute Gasteiger partial charge is 0.350 e. The van der Waals surface area contributed by atoms with E-state index in [9.17, 15) is 4.79 Å². The van der Waals surface area contributed by atoms with E-state index in [-0.39, 0.29) is 12.1 Å². The Labute approximate surface area is 92.0 Å². The summed E-state index contributed by atoms with van der Waals surface area (Å²) in [7, 11) is 0. The molecule has 0 saturated carbocycles. The third-order valence-corrected chi connectivity index (χ3v) is 3.18. The van der Waals surface area contributed by atoms with Gasteiger partial charge in [0.15, 0.2) is 0 Å². The molecule has 0 spiro atoms. The van der Waals surface area contributed by atoms with Crippen LogP contribution in [0.2, 0.25) is 0 Å². The number of rotatable bonds is 2. The minimum atomic E-state index is -0.335. The topological polar surface area (TPSA) is 61.6 Å². The molecule has 0 radical (unpaired) electrons. The van der Waals surface area contributed by atoms with Gasteiger partial charge >= 0.3 is 5.97 Å². The molecule has 5 heteroatoms. The molecule has 1 atom stereocenters. The van der Waals surface area contributed by atoms with Crippen LogP contribution in [0, 0.1) is 0 Å². The fraction of sp³-hybridized carbons (Fsp3) is 0.500. The Balaban J connectivity index is 1.94. The Morgan fingerprint density at radius 1 is 1.67 bits per heavy atom. The highest BCUT2D eigenvalue weighted by molar-refractivity contribution is 7.12. The van der Waals surface area contributed by atoms with Gasteiger partial charge in [0.2, 0.25) is 0 Å². The molecule has 1 aliphatic rings. The molecular weight excluding hydrogens is 214 g/mol. The standard InChI is InChI=1S/C10H13NO3S/c11-8-3-5-15-9(8)10(12)14-7-2-1-4-13-6-7/h3,5,7H,1-2,4,6,11H2. The molecule has 0 bridgehead atoms. The SMILES string of the molecule is Nc1ccsc1C(=O)OC1CCCOC1. The number of anilines is 1. The second-order valence-electron chi connectivity index (χ2n) is 3.45. The van der Waals surface area contributed by atoms with Crippen LogP contribution in [-0.2, 0) is 9.47 Å². The summed E-state index contributed by atoms with van der Waals surface area (Å²) in [4.78, 5) is 12.1. The first kappa shape index (κ1) is 10.4. The van der Waals surface area contributed by atoms with E-state index in [1.54, 1.807) is 11.4 Å². The number of esters is 1. The molecule has 82 valence electrons. The van der Waals surface area contributed by atoms with E-state index in [0.717, 1.165) is 19.4 Å². The van der Waals surface area contributed by atoms with Gasteiger partial charge in [0.1, 0.15) is 11.0 Å². The van der Waals surface area contributed by atoms with Crippen LogP contribution in [0.3, 0.4) is 0 Å². The highest BCUT2D eigenvalue weighted by atomic mass is 32.1. The van der Waals surface area contributed by atoms with Gasteiger partial charge in [-0.25, -0.2) is 4.79 Å². The lowest BCUT2D eigenvalue weighted by molar-refractivity contribution is -0.0302. The second kappa shape index (κ2) is 4.63. The number of hydrogen-bond acceptors (Lipinski definition) is 5. The van der Waals surface area contributed by atoms with Crippen LogP contribution in [-0.4, -0.2) is 25.3 Å². The molecule has 2 N–H and O–H groups in total. The first-order chi connectivity index (χ1) is 7.27. The van der Waals surface area contributed by atoms with Gasteiger partial charge in [-0.3, -0.25) is 0 Å². The molecule has 2 heterocycles. The number of thiophene rings is 1. The summed E-state index contributed by atoms with van der Waals surface area (Å²) in [5.41, 5.74) is 6.11. The van der Waals surface area contributed by atoms with Crippen molar-refractivity contribution >= 4 is 23.0 Å². The van der Waals surface area contributed by atoms with Crippen LogP contribution in [0.4, 0.5) is 5.69 Å². The van der Waals surface area contributed by atoms with Crippen LogP contribution in [0.25, 0.3) is 0 Å². The monoisotopic (exact) mass is 227 g/mol. The predicted octanol–water partition coefficient (Wildman–Crippen LogP) is 1.67. The van der Waals surface area contributed by atoms with Gasteiger partial charge in [0, 0.05) is 6.61 Å². The summed E-state index contributed by atoms with van der Waals surface area (Å²) in [5.74, 6) is -0.335. The van der Waals surface area contributed by atoms with Gasteiger partial charge < -0.3 is 15.2 Å². The summed E-state index contributed by atoms with van der Waals surface area (Å²) >= 11 is 1.31. The van der Waals surface area contributed by atoms with Crippen molar-refractivity contribution in [1.29, 1.82) is 0 Å². The summed E-state index contributed by atoms with van der Waals surface area (Å²) in [5, 5.41) is 1.78. The Hall–Kier alpha value is -1.07. The first-order valence-electron chi connectivity index (χ1n) is 4.89. The zero-order chi connectivity index (χ0) is 10.7. The van der Waals surface area contributed by atoms with Crippen molar-refractivity contribution < 1.29 is 14.3 Å². The largest absolute Gasteiger partial charge is 0.456 e. The summed E-state index contributed by atoms with van der Waals surface area (Å²) in [6.45, 7) is 1.26. The molecule has 0 amide bonds. The van der Waals surface area contributed by atoms with Crippen molar-refractivity contribution in [3.63, 3.8) is 0 Å². The minimum absolute atomic E-state index is 0.118. The molecule has 1 fully saturated rings. The normalized spacial score (nSPS) is 21.2. The highest BCUT2D eigenvalue weighted by Crippen LogP contribution is 2.21. The van der Waals surface area contributed by atoms with Gasteiger partial charge in [-0.15, -0.1) is 11.3 Å².